The van der Waals surface area contributed by atoms with Crippen molar-refractivity contribution in [3.8, 4) is 11.1 Å². The number of thiazole rings is 1. The fourth-order valence-electron chi connectivity index (χ4n) is 4.62. The lowest BCUT2D eigenvalue weighted by Crippen LogP contribution is -2.45. The number of fused-ring (bicyclic) bond motifs is 3. The summed E-state index contributed by atoms with van der Waals surface area (Å²) in [6.07, 6.45) is -0.646. The molecule has 0 spiro atoms. The van der Waals surface area contributed by atoms with Crippen LogP contribution in [-0.2, 0) is 20.7 Å². The van der Waals surface area contributed by atoms with Crippen molar-refractivity contribution in [2.24, 2.45) is 0 Å². The maximum absolute atomic E-state index is 12.7. The number of carbonyl (C=O) groups is 3. The van der Waals surface area contributed by atoms with Crippen molar-refractivity contribution < 1.29 is 24.2 Å². The first-order chi connectivity index (χ1) is 16.9. The van der Waals surface area contributed by atoms with Gasteiger partial charge in [-0.15, -0.1) is 23.1 Å². The molecule has 35 heavy (non-hydrogen) atoms. The van der Waals surface area contributed by atoms with Gasteiger partial charge in [0, 0.05) is 17.1 Å². The first-order valence-corrected chi connectivity index (χ1v) is 13.1. The lowest BCUT2D eigenvalue weighted by Gasteiger charge is -2.24. The molecule has 10 heteroatoms. The molecule has 3 aromatic rings. The molecule has 1 saturated heterocycles. The van der Waals surface area contributed by atoms with E-state index < -0.39 is 18.1 Å². The Morgan fingerprint density at radius 2 is 1.77 bits per heavy atom. The Morgan fingerprint density at radius 1 is 1.11 bits per heavy atom. The highest BCUT2D eigenvalue weighted by atomic mass is 32.2. The fraction of sp³-hybridized carbons (Fsp3) is 0.280. The molecule has 5 rings (SSSR count). The molecule has 0 saturated carbocycles. The van der Waals surface area contributed by atoms with Gasteiger partial charge in [0.2, 0.25) is 5.91 Å². The molecule has 2 amide bonds. The fourth-order valence-corrected chi connectivity index (χ4v) is 6.51. The van der Waals surface area contributed by atoms with Crippen molar-refractivity contribution in [1.29, 1.82) is 0 Å². The smallest absolute Gasteiger partial charge is 0.413 e. The number of nitrogens with zero attached hydrogens (tertiary/aromatic N) is 2. The van der Waals surface area contributed by atoms with Gasteiger partial charge in [-0.3, -0.25) is 10.1 Å². The number of amides is 2. The monoisotopic (exact) mass is 509 g/mol. The van der Waals surface area contributed by atoms with Gasteiger partial charge in [-0.25, -0.2) is 14.6 Å². The molecule has 1 aromatic heterocycles. The van der Waals surface area contributed by atoms with Crippen LogP contribution in [0.1, 0.15) is 29.7 Å². The van der Waals surface area contributed by atoms with Crippen molar-refractivity contribution in [1.82, 2.24) is 9.88 Å². The van der Waals surface area contributed by atoms with Crippen LogP contribution in [0.2, 0.25) is 0 Å². The minimum atomic E-state index is -1.01. The van der Waals surface area contributed by atoms with Gasteiger partial charge >= 0.3 is 12.1 Å². The summed E-state index contributed by atoms with van der Waals surface area (Å²) in [6, 6.07) is 15.4. The number of thioether (sulfide) groups is 1. The lowest BCUT2D eigenvalue weighted by molar-refractivity contribution is -0.148. The van der Waals surface area contributed by atoms with Crippen molar-refractivity contribution in [2.75, 3.05) is 17.7 Å². The van der Waals surface area contributed by atoms with Crippen LogP contribution in [0.5, 0.6) is 0 Å². The van der Waals surface area contributed by atoms with Crippen LogP contribution in [0, 0.1) is 0 Å². The predicted molar refractivity (Wildman–Crippen MR) is 135 cm³/mol. The van der Waals surface area contributed by atoms with E-state index in [9.17, 15) is 19.5 Å². The van der Waals surface area contributed by atoms with Crippen molar-refractivity contribution in [3.05, 3.63) is 70.7 Å². The SMILES string of the molecule is CC1SCC(C(=O)O)N1C(=O)Cc1csc(NC(=O)OCC2c3ccccc3-c3ccccc32)n1. The van der Waals surface area contributed by atoms with Gasteiger partial charge in [0.05, 0.1) is 17.5 Å². The number of nitrogens with one attached hydrogen (secondary N) is 1. The van der Waals surface area contributed by atoms with E-state index in [2.05, 4.69) is 34.6 Å². The molecule has 2 aliphatic rings. The van der Waals surface area contributed by atoms with Crippen LogP contribution in [0.4, 0.5) is 9.93 Å². The second-order valence-corrected chi connectivity index (χ2v) is 10.6. The topological polar surface area (TPSA) is 109 Å². The van der Waals surface area contributed by atoms with E-state index in [1.54, 1.807) is 5.38 Å². The van der Waals surface area contributed by atoms with Gasteiger partial charge in [0.1, 0.15) is 12.6 Å². The number of ether oxygens (including phenoxy) is 1. The molecular weight excluding hydrogens is 486 g/mol. The molecule has 0 bridgehead atoms. The van der Waals surface area contributed by atoms with Crippen LogP contribution in [0.15, 0.2) is 53.9 Å². The molecule has 1 aliphatic heterocycles. The highest BCUT2D eigenvalue weighted by molar-refractivity contribution is 8.00. The Hall–Kier alpha value is -3.37. The summed E-state index contributed by atoms with van der Waals surface area (Å²) in [6.45, 7) is 2.01. The Bertz CT molecular complexity index is 1250. The second kappa shape index (κ2) is 9.71. The van der Waals surface area contributed by atoms with Crippen molar-refractivity contribution in [3.63, 3.8) is 0 Å². The summed E-state index contributed by atoms with van der Waals surface area (Å²) in [7, 11) is 0. The third-order valence-corrected chi connectivity index (χ3v) is 8.26. The van der Waals surface area contributed by atoms with Crippen LogP contribution < -0.4 is 5.32 Å². The van der Waals surface area contributed by atoms with E-state index in [-0.39, 0.29) is 30.2 Å². The zero-order chi connectivity index (χ0) is 24.5. The maximum Gasteiger partial charge on any atom is 0.413 e. The summed E-state index contributed by atoms with van der Waals surface area (Å²) in [5.41, 5.74) is 5.04. The number of rotatable bonds is 6. The van der Waals surface area contributed by atoms with E-state index in [1.807, 2.05) is 31.2 Å². The number of aromatic nitrogens is 1. The Balaban J connectivity index is 1.19. The number of hydrogen-bond acceptors (Lipinski definition) is 7. The quantitative estimate of drug-likeness (QED) is 0.506. The van der Waals surface area contributed by atoms with E-state index in [4.69, 9.17) is 4.74 Å². The minimum absolute atomic E-state index is 0.0302. The normalized spacial score (nSPS) is 18.7. The average Bonchev–Trinajstić information content (AvgIpc) is 3.53. The highest BCUT2D eigenvalue weighted by Gasteiger charge is 2.39. The van der Waals surface area contributed by atoms with Gasteiger partial charge in [-0.1, -0.05) is 48.5 Å². The van der Waals surface area contributed by atoms with Crippen molar-refractivity contribution in [2.45, 2.75) is 30.7 Å². The van der Waals surface area contributed by atoms with Gasteiger partial charge in [0.25, 0.3) is 0 Å². The van der Waals surface area contributed by atoms with Crippen molar-refractivity contribution >= 4 is 46.2 Å². The highest BCUT2D eigenvalue weighted by Crippen LogP contribution is 2.44. The van der Waals surface area contributed by atoms with Gasteiger partial charge in [0.15, 0.2) is 5.13 Å². The van der Waals surface area contributed by atoms with Crippen LogP contribution in [0.3, 0.4) is 0 Å². The van der Waals surface area contributed by atoms with E-state index in [0.717, 1.165) is 22.3 Å². The first-order valence-electron chi connectivity index (χ1n) is 11.1. The number of benzene rings is 2. The molecular formula is C25H23N3O5S2. The average molecular weight is 510 g/mol. The van der Waals surface area contributed by atoms with Gasteiger partial charge in [-0.05, 0) is 29.2 Å². The minimum Gasteiger partial charge on any atom is -0.480 e. The second-order valence-electron chi connectivity index (χ2n) is 8.36. The largest absolute Gasteiger partial charge is 0.480 e. The maximum atomic E-state index is 12.7. The van der Waals surface area contributed by atoms with Crippen LogP contribution in [-0.4, -0.2) is 56.7 Å². The molecule has 1 fully saturated rings. The first kappa shape index (κ1) is 23.4. The molecule has 0 radical (unpaired) electrons. The van der Waals surface area contributed by atoms with Crippen LogP contribution in [0.25, 0.3) is 11.1 Å². The molecule has 180 valence electrons. The summed E-state index contributed by atoms with van der Waals surface area (Å²) in [5, 5.41) is 13.8. The number of aliphatic carboxylic acids is 1. The van der Waals surface area contributed by atoms with Gasteiger partial charge in [-0.2, -0.15) is 0 Å². The third-order valence-electron chi connectivity index (χ3n) is 6.23. The summed E-state index contributed by atoms with van der Waals surface area (Å²) in [5.74, 6) is -0.979. The molecule has 2 heterocycles. The number of anilines is 1. The summed E-state index contributed by atoms with van der Waals surface area (Å²) < 4.78 is 5.54. The third kappa shape index (κ3) is 4.63. The predicted octanol–water partition coefficient (Wildman–Crippen LogP) is 4.42. The Labute approximate surface area is 210 Å². The van der Waals surface area contributed by atoms with E-state index in [0.29, 0.717) is 16.6 Å². The Kier molecular flexibility index (Phi) is 6.48. The standard InChI is InChI=1S/C25H23N3O5S2/c1-14-28(21(13-34-14)23(30)31)22(29)10-15-12-35-24(26-15)27-25(32)33-11-20-18-8-4-2-6-16(18)17-7-3-5-9-19(17)20/h2-9,12,14,20-21H,10-11,13H2,1H3,(H,30,31)(H,26,27,32). The van der Waals surface area contributed by atoms with Gasteiger partial charge < -0.3 is 14.7 Å². The summed E-state index contributed by atoms with van der Waals surface area (Å²) in [4.78, 5) is 42.4. The summed E-state index contributed by atoms with van der Waals surface area (Å²) >= 11 is 2.62. The van der Waals surface area contributed by atoms with Crippen LogP contribution >= 0.6 is 23.1 Å². The molecule has 1 aliphatic carbocycles. The molecule has 2 atom stereocenters. The zero-order valence-corrected chi connectivity index (χ0v) is 20.5. The Morgan fingerprint density at radius 3 is 2.43 bits per heavy atom. The number of carbonyl (C=O) groups excluding carboxylic acids is 2. The molecule has 2 aromatic carbocycles. The van der Waals surface area contributed by atoms with E-state index >= 15 is 0 Å². The number of carboxylic acid groups (broad SMARTS) is 1. The molecule has 2 unspecified atom stereocenters. The van der Waals surface area contributed by atoms with E-state index in [1.165, 1.54) is 28.0 Å². The number of carboxylic acids is 1. The number of hydrogen-bond donors (Lipinski definition) is 2. The zero-order valence-electron chi connectivity index (χ0n) is 18.8. The molecule has 8 nitrogen and oxygen atoms in total. The molecule has 2 N–H and O–H groups in total. The lowest BCUT2D eigenvalue weighted by atomic mass is 9.98.